The minimum Gasteiger partial charge on any atom is -0.497 e. The summed E-state index contributed by atoms with van der Waals surface area (Å²) in [6, 6.07) is 37.9. The summed E-state index contributed by atoms with van der Waals surface area (Å²) in [5.41, 5.74) is 4.93. The number of ether oxygens (including phenoxy) is 5. The van der Waals surface area contributed by atoms with Crippen LogP contribution >= 0.6 is 0 Å². The van der Waals surface area contributed by atoms with Gasteiger partial charge in [0.05, 0.1) is 39.0 Å². The lowest BCUT2D eigenvalue weighted by molar-refractivity contribution is -0.327. The van der Waals surface area contributed by atoms with Crippen LogP contribution in [0.2, 0.25) is 0 Å². The number of rotatable bonds is 11. The van der Waals surface area contributed by atoms with Gasteiger partial charge in [-0.05, 0) is 40.0 Å². The lowest BCUT2D eigenvalue weighted by Crippen LogP contribution is -2.67. The Kier molecular flexibility index (Phi) is 9.09. The molecule has 6 nitrogen and oxygen atoms in total. The first kappa shape index (κ1) is 28.3. The van der Waals surface area contributed by atoms with Crippen LogP contribution < -0.4 is 4.74 Å². The van der Waals surface area contributed by atoms with Gasteiger partial charge in [0.2, 0.25) is 0 Å². The molecule has 0 amide bonds. The maximum absolute atomic E-state index is 11.7. The Labute approximate surface area is 247 Å². The average Bonchev–Trinajstić information content (AvgIpc) is 3.05. The van der Waals surface area contributed by atoms with Gasteiger partial charge in [0.25, 0.3) is 0 Å². The Morgan fingerprint density at radius 1 is 0.643 bits per heavy atom. The molecule has 7 rings (SSSR count). The molecule has 0 spiro atoms. The third-order valence-electron chi connectivity index (χ3n) is 7.90. The number of hydrogen-bond acceptors (Lipinski definition) is 6. The molecule has 2 saturated heterocycles. The first-order valence-corrected chi connectivity index (χ1v) is 14.4. The van der Waals surface area contributed by atoms with Crippen molar-refractivity contribution < 1.29 is 28.8 Å². The van der Waals surface area contributed by atoms with Crippen molar-refractivity contribution >= 4 is 6.08 Å². The second-order valence-electron chi connectivity index (χ2n) is 10.7. The first-order valence-electron chi connectivity index (χ1n) is 14.4. The van der Waals surface area contributed by atoms with Crippen molar-refractivity contribution in [3.05, 3.63) is 143 Å². The predicted molar refractivity (Wildman–Crippen MR) is 160 cm³/mol. The molecule has 4 aromatic rings. The Bertz CT molecular complexity index is 1420. The minimum atomic E-state index is -0.867. The third kappa shape index (κ3) is 6.49. The molecular weight excluding hydrogens is 528 g/mol. The van der Waals surface area contributed by atoms with E-state index in [4.69, 9.17) is 23.7 Å². The molecule has 3 fully saturated rings. The van der Waals surface area contributed by atoms with Gasteiger partial charge in [-0.2, -0.15) is 0 Å². The van der Waals surface area contributed by atoms with Crippen LogP contribution in [0.1, 0.15) is 22.3 Å². The molecule has 1 unspecified atom stereocenters. The van der Waals surface area contributed by atoms with E-state index in [0.29, 0.717) is 19.8 Å². The van der Waals surface area contributed by atoms with E-state index in [9.17, 15) is 5.11 Å². The Morgan fingerprint density at radius 2 is 1.17 bits per heavy atom. The number of fused-ring (bicyclic) bond motifs is 3. The monoisotopic (exact) mass is 564 g/mol. The zero-order chi connectivity index (χ0) is 28.7. The van der Waals surface area contributed by atoms with Gasteiger partial charge in [-0.25, -0.2) is 0 Å². The van der Waals surface area contributed by atoms with Gasteiger partial charge in [0.1, 0.15) is 24.1 Å². The molecule has 2 aliphatic heterocycles. The highest BCUT2D eigenvalue weighted by Gasteiger charge is 2.58. The van der Waals surface area contributed by atoms with Crippen LogP contribution in [0.15, 0.2) is 121 Å². The van der Waals surface area contributed by atoms with E-state index in [-0.39, 0.29) is 0 Å². The van der Waals surface area contributed by atoms with E-state index < -0.39 is 36.6 Å². The van der Waals surface area contributed by atoms with Crippen molar-refractivity contribution in [2.24, 2.45) is 5.92 Å². The van der Waals surface area contributed by atoms with Gasteiger partial charge in [-0.3, -0.25) is 0 Å². The van der Waals surface area contributed by atoms with Gasteiger partial charge in [0, 0.05) is 0 Å². The van der Waals surface area contributed by atoms with Crippen molar-refractivity contribution in [1.82, 2.24) is 0 Å². The highest BCUT2D eigenvalue weighted by molar-refractivity contribution is 5.56. The number of hydrogen-bond donors (Lipinski definition) is 1. The zero-order valence-electron chi connectivity index (χ0n) is 23.6. The summed E-state index contributed by atoms with van der Waals surface area (Å²) in [6.45, 7) is 1.12. The van der Waals surface area contributed by atoms with Gasteiger partial charge < -0.3 is 28.8 Å². The van der Waals surface area contributed by atoms with Crippen molar-refractivity contribution in [2.75, 3.05) is 7.11 Å². The number of aliphatic hydroxyl groups excluding tert-OH is 1. The molecule has 6 heteroatoms. The normalized spacial score (nSPS) is 25.9. The van der Waals surface area contributed by atoms with E-state index in [0.717, 1.165) is 33.6 Å². The fourth-order valence-corrected chi connectivity index (χ4v) is 5.74. The molecule has 0 radical (unpaired) electrons. The molecule has 4 aromatic carbocycles. The molecule has 1 saturated carbocycles. The molecule has 216 valence electrons. The number of benzene rings is 4. The van der Waals surface area contributed by atoms with Crippen LogP contribution in [0.3, 0.4) is 0 Å². The molecule has 2 heterocycles. The maximum Gasteiger partial charge on any atom is 0.167 e. The van der Waals surface area contributed by atoms with E-state index in [1.165, 1.54) is 0 Å². The molecule has 42 heavy (non-hydrogen) atoms. The van der Waals surface area contributed by atoms with Crippen LogP contribution in [0.25, 0.3) is 6.08 Å². The van der Waals surface area contributed by atoms with Crippen molar-refractivity contribution in [1.29, 1.82) is 0 Å². The molecule has 0 aromatic heterocycles. The SMILES string of the molecule is COc1ccc(CO[C@H]2O[C@@H]3C(O)/C(=C\c4ccccc4)[C@H]2[C@@H](OCc2ccccc2)[C@@H]3OCc2ccccc2)cc1. The van der Waals surface area contributed by atoms with Crippen molar-refractivity contribution in [3.63, 3.8) is 0 Å². The molecule has 2 bridgehead atoms. The molecular formula is C36H36O6. The van der Waals surface area contributed by atoms with Gasteiger partial charge >= 0.3 is 0 Å². The molecule has 3 aliphatic rings. The van der Waals surface area contributed by atoms with E-state index in [2.05, 4.69) is 0 Å². The predicted octanol–water partition coefficient (Wildman–Crippen LogP) is 6.18. The summed E-state index contributed by atoms with van der Waals surface area (Å²) < 4.78 is 31.4. The number of methoxy groups -OCH3 is 1. The first-order chi connectivity index (χ1) is 20.7. The zero-order valence-corrected chi connectivity index (χ0v) is 23.6. The lowest BCUT2D eigenvalue weighted by atomic mass is 9.72. The Morgan fingerprint density at radius 3 is 1.76 bits per heavy atom. The molecule has 6 atom stereocenters. The van der Waals surface area contributed by atoms with E-state index in [1.807, 2.05) is 121 Å². The fraction of sp³-hybridized carbons (Fsp3) is 0.278. The summed E-state index contributed by atoms with van der Waals surface area (Å²) in [7, 11) is 1.65. The smallest absolute Gasteiger partial charge is 0.167 e. The quantitative estimate of drug-likeness (QED) is 0.235. The van der Waals surface area contributed by atoms with Crippen LogP contribution in [0, 0.1) is 5.92 Å². The minimum absolute atomic E-state index is 0.341. The second kappa shape index (κ2) is 13.5. The van der Waals surface area contributed by atoms with Gasteiger partial charge in [-0.1, -0.05) is 109 Å². The Balaban J connectivity index is 1.32. The van der Waals surface area contributed by atoms with Crippen molar-refractivity contribution in [3.8, 4) is 5.75 Å². The summed E-state index contributed by atoms with van der Waals surface area (Å²) in [5.74, 6) is 0.392. The highest BCUT2D eigenvalue weighted by Crippen LogP contribution is 2.46. The fourth-order valence-electron chi connectivity index (χ4n) is 5.74. The summed E-state index contributed by atoms with van der Waals surface area (Å²) in [4.78, 5) is 0. The summed E-state index contributed by atoms with van der Waals surface area (Å²) >= 11 is 0. The second-order valence-corrected chi connectivity index (χ2v) is 10.7. The Hall–Kier alpha value is -3.78. The average molecular weight is 565 g/mol. The molecule has 1 aliphatic carbocycles. The largest absolute Gasteiger partial charge is 0.497 e. The van der Waals surface area contributed by atoms with E-state index in [1.54, 1.807) is 7.11 Å². The van der Waals surface area contributed by atoms with Crippen LogP contribution in [0.5, 0.6) is 5.75 Å². The number of aliphatic hydroxyl groups is 1. The van der Waals surface area contributed by atoms with Crippen LogP contribution in [-0.2, 0) is 38.8 Å². The lowest BCUT2D eigenvalue weighted by Gasteiger charge is -2.54. The van der Waals surface area contributed by atoms with Gasteiger partial charge in [0.15, 0.2) is 6.29 Å². The van der Waals surface area contributed by atoms with Gasteiger partial charge in [-0.15, -0.1) is 0 Å². The molecule has 1 N–H and O–H groups in total. The summed E-state index contributed by atoms with van der Waals surface area (Å²) in [5, 5.41) is 11.7. The van der Waals surface area contributed by atoms with Crippen LogP contribution in [0.4, 0.5) is 0 Å². The third-order valence-corrected chi connectivity index (χ3v) is 7.90. The topological polar surface area (TPSA) is 66.4 Å². The maximum atomic E-state index is 11.7. The standard InChI is InChI=1S/C36H36O6/c1-38-29-19-17-28(18-20-29)24-41-36-31-30(21-25-11-5-2-6-12-25)32(37)34(42-36)35(40-23-27-15-9-4-10-16-27)33(31)39-22-26-13-7-3-8-14-26/h2-21,31-37H,22-24H2,1H3/b30-21-/t31-,32?,33+,34+,35-,36-/m0/s1. The van der Waals surface area contributed by atoms with E-state index >= 15 is 0 Å². The van der Waals surface area contributed by atoms with Crippen molar-refractivity contribution in [2.45, 2.75) is 50.5 Å². The summed E-state index contributed by atoms with van der Waals surface area (Å²) in [6.07, 6.45) is -1.04. The van der Waals surface area contributed by atoms with Crippen LogP contribution in [-0.4, -0.2) is 42.9 Å². The highest BCUT2D eigenvalue weighted by atomic mass is 16.7.